The van der Waals surface area contributed by atoms with Crippen LogP contribution in [-0.2, 0) is 28.4 Å². The van der Waals surface area contributed by atoms with Gasteiger partial charge in [-0.05, 0) is 96.3 Å². The lowest BCUT2D eigenvalue weighted by Gasteiger charge is -2.41. The average molecular weight is 795 g/mol. The largest absolute Gasteiger partial charge is 0.497 e. The highest BCUT2D eigenvalue weighted by Crippen LogP contribution is 2.50. The Balaban J connectivity index is 2.24. The zero-order chi connectivity index (χ0) is 40.4. The molecule has 0 saturated heterocycles. The summed E-state index contributed by atoms with van der Waals surface area (Å²) in [5.74, 6) is 1.43. The Kier molecular flexibility index (Phi) is 20.0. The van der Waals surface area contributed by atoms with E-state index < -0.39 is 28.8 Å². The van der Waals surface area contributed by atoms with Gasteiger partial charge < -0.3 is 32.3 Å². The van der Waals surface area contributed by atoms with Crippen LogP contribution in [-0.4, -0.2) is 80.3 Å². The zero-order valence-electron chi connectivity index (χ0n) is 34.2. The summed E-state index contributed by atoms with van der Waals surface area (Å²) in [5, 5.41) is 18.7. The maximum atomic E-state index is 9.33. The van der Waals surface area contributed by atoms with Gasteiger partial charge in [0.2, 0.25) is 0 Å². The fraction of sp³-hybridized carbons (Fsp3) is 0.524. The number of methoxy groups -OCH3 is 2. The quantitative estimate of drug-likeness (QED) is 0.0463. The van der Waals surface area contributed by atoms with Gasteiger partial charge in [0.15, 0.2) is 0 Å². The normalized spacial score (nSPS) is 13.7. The van der Waals surface area contributed by atoms with Crippen LogP contribution in [0.3, 0.4) is 0 Å². The first-order chi connectivity index (χ1) is 26.4. The molecule has 0 spiro atoms. The van der Waals surface area contributed by atoms with Crippen LogP contribution in [0.1, 0.15) is 84.9 Å². The van der Waals surface area contributed by atoms with Crippen LogP contribution >= 0.6 is 17.1 Å². The van der Waals surface area contributed by atoms with Crippen molar-refractivity contribution in [3.8, 4) is 23.6 Å². The van der Waals surface area contributed by atoms with Crippen LogP contribution in [0.25, 0.3) is 0 Å². The number of nitriles is 2. The molecular weight excluding hydrogens is 734 g/mol. The topological polar surface area (TPSA) is 119 Å². The van der Waals surface area contributed by atoms with Crippen LogP contribution in [0.5, 0.6) is 11.5 Å². The van der Waals surface area contributed by atoms with Crippen LogP contribution in [0.15, 0.2) is 78.9 Å². The van der Waals surface area contributed by atoms with E-state index in [-0.39, 0.29) is 63.4 Å². The molecule has 3 rings (SSSR count). The highest BCUT2D eigenvalue weighted by atomic mass is 31.2. The van der Waals surface area contributed by atoms with Gasteiger partial charge in [-0.1, -0.05) is 54.6 Å². The number of benzene rings is 3. The van der Waals surface area contributed by atoms with E-state index >= 15 is 0 Å². The van der Waals surface area contributed by atoms with Gasteiger partial charge in [-0.3, -0.25) is 0 Å². The van der Waals surface area contributed by atoms with Gasteiger partial charge in [0.1, 0.15) is 23.2 Å². The van der Waals surface area contributed by atoms with E-state index in [2.05, 4.69) is 89.0 Å². The lowest BCUT2D eigenvalue weighted by atomic mass is 9.79. The molecular formula is C42H60N4O7P2. The molecule has 13 heteroatoms. The van der Waals surface area contributed by atoms with Crippen molar-refractivity contribution in [1.29, 1.82) is 10.5 Å². The summed E-state index contributed by atoms with van der Waals surface area (Å²) in [7, 11) is 0.104. The number of nitrogens with zero attached hydrogens (tertiary/aromatic N) is 4. The van der Waals surface area contributed by atoms with E-state index in [4.69, 9.17) is 32.3 Å². The van der Waals surface area contributed by atoms with E-state index in [1.807, 2.05) is 66.7 Å². The van der Waals surface area contributed by atoms with Crippen molar-refractivity contribution in [1.82, 2.24) is 9.34 Å². The van der Waals surface area contributed by atoms with Crippen molar-refractivity contribution in [2.45, 2.75) is 104 Å². The van der Waals surface area contributed by atoms with Gasteiger partial charge in [0.25, 0.3) is 17.1 Å². The first-order valence-corrected chi connectivity index (χ1v) is 21.1. The molecule has 2 atom stereocenters. The van der Waals surface area contributed by atoms with Crippen molar-refractivity contribution < 1.29 is 32.3 Å². The molecule has 300 valence electrons. The number of ether oxygens (including phenoxy) is 3. The molecule has 0 aliphatic carbocycles. The molecule has 0 aliphatic heterocycles. The second kappa shape index (κ2) is 23.8. The molecule has 0 amide bonds. The Morgan fingerprint density at radius 3 is 1.24 bits per heavy atom. The summed E-state index contributed by atoms with van der Waals surface area (Å²) in [6.07, 6.45) is -0.196. The van der Waals surface area contributed by atoms with E-state index in [9.17, 15) is 10.5 Å². The van der Waals surface area contributed by atoms with Crippen molar-refractivity contribution in [2.75, 3.05) is 40.6 Å². The van der Waals surface area contributed by atoms with Crippen molar-refractivity contribution in [2.24, 2.45) is 0 Å². The minimum atomic E-state index is -1.59. The lowest BCUT2D eigenvalue weighted by Crippen LogP contribution is -2.41. The summed E-state index contributed by atoms with van der Waals surface area (Å²) in [6, 6.07) is 30.7. The fourth-order valence-corrected chi connectivity index (χ4v) is 9.59. The van der Waals surface area contributed by atoms with Gasteiger partial charge in [0.05, 0.1) is 65.6 Å². The van der Waals surface area contributed by atoms with E-state index in [0.717, 1.165) is 16.7 Å². The number of rotatable bonds is 25. The van der Waals surface area contributed by atoms with Gasteiger partial charge >= 0.3 is 0 Å². The monoisotopic (exact) mass is 794 g/mol. The van der Waals surface area contributed by atoms with Crippen molar-refractivity contribution >= 4 is 17.1 Å². The molecule has 0 aliphatic rings. The van der Waals surface area contributed by atoms with Gasteiger partial charge in [-0.25, -0.2) is 9.34 Å². The first kappa shape index (κ1) is 46.2. The van der Waals surface area contributed by atoms with Crippen LogP contribution in [0.4, 0.5) is 0 Å². The molecule has 2 unspecified atom stereocenters. The Hall–Kier alpha value is -3.18. The Morgan fingerprint density at radius 2 is 0.909 bits per heavy atom. The third-order valence-electron chi connectivity index (χ3n) is 8.58. The maximum absolute atomic E-state index is 9.33. The highest BCUT2D eigenvalue weighted by molar-refractivity contribution is 7.44. The standard InChI is InChI=1S/C42H60N4O7P2/c1-32(2)45(33(3)4)54(49-28-14-26-43)51-30-41(31-52-55(50-29-15-27-44)46(34(5)6)35(7)8)53-42(36-16-12-11-13-17-36,37-18-22-39(47-9)23-19-37)38-20-24-40(48-10)25-21-38/h11-13,16-25,32-35,41H,14-15,28-31H2,1-10H3. The van der Waals surface area contributed by atoms with Gasteiger partial charge in [0, 0.05) is 24.2 Å². The molecule has 0 saturated carbocycles. The molecule has 55 heavy (non-hydrogen) atoms. The molecule has 0 N–H and O–H groups in total. The summed E-state index contributed by atoms with van der Waals surface area (Å²) in [4.78, 5) is 0. The molecule has 0 radical (unpaired) electrons. The summed E-state index contributed by atoms with van der Waals surface area (Å²) in [6.45, 7) is 17.5. The predicted octanol–water partition coefficient (Wildman–Crippen LogP) is 9.97. The van der Waals surface area contributed by atoms with Crippen LogP contribution in [0.2, 0.25) is 0 Å². The predicted molar refractivity (Wildman–Crippen MR) is 220 cm³/mol. The minimum absolute atomic E-state index is 0.0970. The van der Waals surface area contributed by atoms with E-state index in [0.29, 0.717) is 11.5 Å². The molecule has 0 fully saturated rings. The smallest absolute Gasteiger partial charge is 0.259 e. The molecule has 0 aromatic heterocycles. The van der Waals surface area contributed by atoms with E-state index in [1.165, 1.54) is 0 Å². The van der Waals surface area contributed by atoms with Crippen LogP contribution in [0, 0.1) is 22.7 Å². The highest BCUT2D eigenvalue weighted by Gasteiger charge is 2.42. The van der Waals surface area contributed by atoms with Crippen molar-refractivity contribution in [3.05, 3.63) is 95.6 Å². The minimum Gasteiger partial charge on any atom is -0.497 e. The fourth-order valence-electron chi connectivity index (χ4n) is 6.32. The summed E-state index contributed by atoms with van der Waals surface area (Å²) >= 11 is 0. The van der Waals surface area contributed by atoms with Gasteiger partial charge in [-0.15, -0.1) is 0 Å². The Bertz CT molecular complexity index is 1490. The number of hydrogen-bond acceptors (Lipinski definition) is 11. The van der Waals surface area contributed by atoms with Gasteiger partial charge in [-0.2, -0.15) is 10.5 Å². The third-order valence-corrected chi connectivity index (χ3v) is 12.7. The first-order valence-electron chi connectivity index (χ1n) is 18.9. The van der Waals surface area contributed by atoms with E-state index in [1.54, 1.807) is 14.2 Å². The molecule has 3 aromatic rings. The lowest BCUT2D eigenvalue weighted by molar-refractivity contribution is -0.0845. The summed E-state index contributed by atoms with van der Waals surface area (Å²) < 4.78 is 49.2. The maximum Gasteiger partial charge on any atom is 0.259 e. The third kappa shape index (κ3) is 13.2. The summed E-state index contributed by atoms with van der Waals surface area (Å²) in [5.41, 5.74) is 1.48. The average Bonchev–Trinajstić information content (AvgIpc) is 3.17. The second-order valence-electron chi connectivity index (χ2n) is 13.9. The molecule has 11 nitrogen and oxygen atoms in total. The molecule has 0 heterocycles. The zero-order valence-corrected chi connectivity index (χ0v) is 36.0. The number of hydrogen-bond donors (Lipinski definition) is 0. The molecule has 3 aromatic carbocycles. The second-order valence-corrected chi connectivity index (χ2v) is 16.8. The Labute approximate surface area is 332 Å². The van der Waals surface area contributed by atoms with Crippen molar-refractivity contribution in [3.63, 3.8) is 0 Å². The SMILES string of the molecule is COc1ccc(C(OC(COP(OCCC#N)N(C(C)C)C(C)C)COP(OCCC#N)N(C(C)C)C(C)C)(c2ccccc2)c2ccc(OC)cc2)cc1. The van der Waals surface area contributed by atoms with Crippen LogP contribution < -0.4 is 9.47 Å². The molecule has 0 bridgehead atoms. The Morgan fingerprint density at radius 1 is 0.545 bits per heavy atom.